The van der Waals surface area contributed by atoms with Gasteiger partial charge in [0.2, 0.25) is 0 Å². The minimum atomic E-state index is -0.154. The van der Waals surface area contributed by atoms with E-state index >= 15 is 0 Å². The maximum atomic E-state index is 10.9. The lowest BCUT2D eigenvalue weighted by molar-refractivity contribution is -0.140. The van der Waals surface area contributed by atoms with Crippen LogP contribution in [0.3, 0.4) is 0 Å². The van der Waals surface area contributed by atoms with Crippen LogP contribution >= 0.6 is 0 Å². The van der Waals surface area contributed by atoms with Crippen LogP contribution in [0.2, 0.25) is 0 Å². The largest absolute Gasteiger partial charge is 0.469 e. The number of rotatable bonds is 11. The van der Waals surface area contributed by atoms with Gasteiger partial charge in [0.05, 0.1) is 7.11 Å². The summed E-state index contributed by atoms with van der Waals surface area (Å²) in [4.78, 5) is 15.1. The normalized spacial score (nSPS) is 11.6. The Bertz CT molecular complexity index is 294. The molecule has 0 bridgehead atoms. The van der Waals surface area contributed by atoms with Gasteiger partial charge in [-0.05, 0) is 25.2 Å². The lowest BCUT2D eigenvalue weighted by Gasteiger charge is -2.12. The van der Waals surface area contributed by atoms with Crippen molar-refractivity contribution in [2.75, 3.05) is 40.5 Å². The van der Waals surface area contributed by atoms with Crippen LogP contribution in [-0.4, -0.2) is 52.4 Å². The highest BCUT2D eigenvalue weighted by atomic mass is 16.5. The second-order valence-electron chi connectivity index (χ2n) is 5.28. The summed E-state index contributed by atoms with van der Waals surface area (Å²) in [6.45, 7) is 7.49. The highest BCUT2D eigenvalue weighted by Crippen LogP contribution is 1.95. The molecular weight excluding hydrogens is 270 g/mol. The summed E-state index contributed by atoms with van der Waals surface area (Å²) in [7, 11) is 3.16. The zero-order chi connectivity index (χ0) is 15.9. The third kappa shape index (κ3) is 13.4. The van der Waals surface area contributed by atoms with E-state index in [1.165, 1.54) is 7.11 Å². The molecule has 0 aromatic heterocycles. The van der Waals surface area contributed by atoms with Gasteiger partial charge < -0.3 is 20.1 Å². The minimum Gasteiger partial charge on any atom is -0.469 e. The molecule has 21 heavy (non-hydrogen) atoms. The van der Waals surface area contributed by atoms with E-state index in [9.17, 15) is 4.79 Å². The van der Waals surface area contributed by atoms with Gasteiger partial charge in [-0.1, -0.05) is 13.8 Å². The Morgan fingerprint density at radius 1 is 1.14 bits per heavy atom. The topological polar surface area (TPSA) is 72.0 Å². The van der Waals surface area contributed by atoms with Gasteiger partial charge in [0.1, 0.15) is 0 Å². The van der Waals surface area contributed by atoms with Crippen molar-refractivity contribution in [3.8, 4) is 0 Å². The zero-order valence-electron chi connectivity index (χ0n) is 13.9. The number of carbonyl (C=O) groups is 1. The molecule has 0 aliphatic rings. The first-order valence-corrected chi connectivity index (χ1v) is 7.69. The summed E-state index contributed by atoms with van der Waals surface area (Å²) in [5, 5.41) is 6.45. The Morgan fingerprint density at radius 2 is 1.81 bits per heavy atom. The number of methoxy groups -OCH3 is 1. The lowest BCUT2D eigenvalue weighted by atomic mass is 10.2. The molecule has 0 atom stereocenters. The number of esters is 1. The third-order valence-corrected chi connectivity index (χ3v) is 2.76. The van der Waals surface area contributed by atoms with E-state index < -0.39 is 0 Å². The van der Waals surface area contributed by atoms with Gasteiger partial charge in [-0.3, -0.25) is 9.79 Å². The molecule has 6 nitrogen and oxygen atoms in total. The number of carbonyl (C=O) groups excluding carboxylic acids is 1. The number of hydrogen-bond donors (Lipinski definition) is 2. The highest BCUT2D eigenvalue weighted by molar-refractivity contribution is 5.79. The van der Waals surface area contributed by atoms with E-state index in [4.69, 9.17) is 4.74 Å². The number of nitrogens with zero attached hydrogens (tertiary/aromatic N) is 1. The highest BCUT2D eigenvalue weighted by Gasteiger charge is 2.00. The van der Waals surface area contributed by atoms with Gasteiger partial charge in [0.15, 0.2) is 5.96 Å². The molecule has 0 rings (SSSR count). The molecular formula is C15H31N3O3. The Balaban J connectivity index is 3.48. The van der Waals surface area contributed by atoms with Gasteiger partial charge in [-0.2, -0.15) is 0 Å². The number of unbranched alkanes of at least 4 members (excludes halogenated alkanes) is 1. The fraction of sp³-hybridized carbons (Fsp3) is 0.867. The van der Waals surface area contributed by atoms with Crippen LogP contribution in [0.25, 0.3) is 0 Å². The standard InChI is InChI=1S/C15H31N3O3/c1-13(2)12-21-11-7-10-18-15(16-3)17-9-6-5-8-14(19)20-4/h13H,5-12H2,1-4H3,(H2,16,17,18). The minimum absolute atomic E-state index is 0.154. The monoisotopic (exact) mass is 301 g/mol. The van der Waals surface area contributed by atoms with Gasteiger partial charge in [-0.15, -0.1) is 0 Å². The van der Waals surface area contributed by atoms with E-state index in [1.807, 2.05) is 0 Å². The summed E-state index contributed by atoms with van der Waals surface area (Å²) in [5.74, 6) is 1.22. The summed E-state index contributed by atoms with van der Waals surface area (Å²) < 4.78 is 10.1. The number of nitrogens with one attached hydrogen (secondary N) is 2. The Morgan fingerprint density at radius 3 is 2.38 bits per heavy atom. The second kappa shape index (κ2) is 13.7. The van der Waals surface area contributed by atoms with Crippen molar-refractivity contribution in [2.24, 2.45) is 10.9 Å². The zero-order valence-corrected chi connectivity index (χ0v) is 13.9. The fourth-order valence-electron chi connectivity index (χ4n) is 1.62. The molecule has 0 aromatic carbocycles. The summed E-state index contributed by atoms with van der Waals surface area (Å²) >= 11 is 0. The molecule has 0 heterocycles. The molecule has 0 amide bonds. The molecule has 0 saturated carbocycles. The van der Waals surface area contributed by atoms with E-state index in [2.05, 4.69) is 34.2 Å². The molecule has 0 saturated heterocycles. The molecule has 2 N–H and O–H groups in total. The maximum Gasteiger partial charge on any atom is 0.305 e. The van der Waals surface area contributed by atoms with Crippen molar-refractivity contribution in [1.82, 2.24) is 10.6 Å². The predicted molar refractivity (Wildman–Crippen MR) is 85.5 cm³/mol. The smallest absolute Gasteiger partial charge is 0.305 e. The maximum absolute atomic E-state index is 10.9. The van der Waals surface area contributed by atoms with Crippen LogP contribution in [0.5, 0.6) is 0 Å². The molecule has 6 heteroatoms. The Kier molecular flexibility index (Phi) is 12.8. The number of ether oxygens (including phenoxy) is 2. The first kappa shape index (κ1) is 19.7. The predicted octanol–water partition coefficient (Wildman–Crippen LogP) is 1.56. The van der Waals surface area contributed by atoms with Crippen LogP contribution in [0.15, 0.2) is 4.99 Å². The Labute approximate surface area is 128 Å². The van der Waals surface area contributed by atoms with Crippen LogP contribution in [0.1, 0.15) is 39.5 Å². The van der Waals surface area contributed by atoms with Gasteiger partial charge >= 0.3 is 5.97 Å². The molecule has 0 radical (unpaired) electrons. The first-order valence-electron chi connectivity index (χ1n) is 7.69. The van der Waals surface area contributed by atoms with Crippen molar-refractivity contribution in [3.05, 3.63) is 0 Å². The number of hydrogen-bond acceptors (Lipinski definition) is 4. The number of guanidine groups is 1. The van der Waals surface area contributed by atoms with E-state index in [0.29, 0.717) is 12.3 Å². The SMILES string of the molecule is CN=C(NCCCCC(=O)OC)NCCCOCC(C)C. The van der Waals surface area contributed by atoms with E-state index in [1.54, 1.807) is 7.05 Å². The van der Waals surface area contributed by atoms with Crippen molar-refractivity contribution in [1.29, 1.82) is 0 Å². The lowest BCUT2D eigenvalue weighted by Crippen LogP contribution is -2.38. The molecule has 0 aliphatic carbocycles. The van der Waals surface area contributed by atoms with Gasteiger partial charge in [-0.25, -0.2) is 0 Å². The Hall–Kier alpha value is -1.30. The summed E-state index contributed by atoms with van der Waals surface area (Å²) in [5.41, 5.74) is 0. The molecule has 0 fully saturated rings. The van der Waals surface area contributed by atoms with Crippen LogP contribution < -0.4 is 10.6 Å². The van der Waals surface area contributed by atoms with E-state index in [0.717, 1.165) is 51.5 Å². The molecule has 0 aliphatic heterocycles. The van der Waals surface area contributed by atoms with Crippen molar-refractivity contribution in [3.63, 3.8) is 0 Å². The van der Waals surface area contributed by atoms with E-state index in [-0.39, 0.29) is 5.97 Å². The first-order chi connectivity index (χ1) is 10.1. The molecule has 0 spiro atoms. The van der Waals surface area contributed by atoms with Crippen LogP contribution in [-0.2, 0) is 14.3 Å². The average molecular weight is 301 g/mol. The van der Waals surface area contributed by atoms with Crippen molar-refractivity contribution < 1.29 is 14.3 Å². The summed E-state index contributed by atoms with van der Waals surface area (Å²) in [6.07, 6.45) is 3.15. The molecule has 0 aromatic rings. The van der Waals surface area contributed by atoms with Gasteiger partial charge in [0, 0.05) is 39.8 Å². The second-order valence-corrected chi connectivity index (χ2v) is 5.28. The number of aliphatic imine (C=N–C) groups is 1. The summed E-state index contributed by atoms with van der Waals surface area (Å²) in [6, 6.07) is 0. The fourth-order valence-corrected chi connectivity index (χ4v) is 1.62. The average Bonchev–Trinajstić information content (AvgIpc) is 2.47. The molecule has 124 valence electrons. The van der Waals surface area contributed by atoms with Gasteiger partial charge in [0.25, 0.3) is 0 Å². The third-order valence-electron chi connectivity index (χ3n) is 2.76. The quantitative estimate of drug-likeness (QED) is 0.262. The van der Waals surface area contributed by atoms with Crippen LogP contribution in [0, 0.1) is 5.92 Å². The van der Waals surface area contributed by atoms with Crippen molar-refractivity contribution >= 4 is 11.9 Å². The van der Waals surface area contributed by atoms with Crippen LogP contribution in [0.4, 0.5) is 0 Å². The van der Waals surface area contributed by atoms with Crippen molar-refractivity contribution in [2.45, 2.75) is 39.5 Å². The molecule has 0 unspecified atom stereocenters.